The van der Waals surface area contributed by atoms with Crippen LogP contribution in [0.25, 0.3) is 20.9 Å². The van der Waals surface area contributed by atoms with Crippen LogP contribution < -0.4 is 0 Å². The summed E-state index contributed by atoms with van der Waals surface area (Å²) >= 11 is 1.50. The number of benzene rings is 1. The van der Waals surface area contributed by atoms with Gasteiger partial charge in [-0.1, -0.05) is 45.0 Å². The summed E-state index contributed by atoms with van der Waals surface area (Å²) in [6, 6.07) is 10.00. The highest BCUT2D eigenvalue weighted by atomic mass is 32.1. The van der Waals surface area contributed by atoms with Crippen molar-refractivity contribution in [3.05, 3.63) is 41.6 Å². The van der Waals surface area contributed by atoms with Crippen molar-refractivity contribution in [1.29, 1.82) is 0 Å². The van der Waals surface area contributed by atoms with Crippen molar-refractivity contribution in [2.24, 2.45) is 0 Å². The number of carboxylic acids is 1. The molecule has 0 aliphatic rings. The molecule has 0 bridgehead atoms. The van der Waals surface area contributed by atoms with Gasteiger partial charge >= 0.3 is 5.97 Å². The molecule has 1 aromatic carbocycles. The lowest BCUT2D eigenvalue weighted by molar-refractivity contribution is 0.0691. The fourth-order valence-corrected chi connectivity index (χ4v) is 3.13. The van der Waals surface area contributed by atoms with Crippen molar-refractivity contribution in [2.45, 2.75) is 26.2 Å². The Morgan fingerprint density at radius 2 is 1.90 bits per heavy atom. The number of aromatic nitrogens is 2. The van der Waals surface area contributed by atoms with Crippen LogP contribution in [0.4, 0.5) is 0 Å². The molecule has 2 N–H and O–H groups in total. The van der Waals surface area contributed by atoms with Crippen molar-refractivity contribution < 1.29 is 9.90 Å². The van der Waals surface area contributed by atoms with Crippen molar-refractivity contribution in [3.8, 4) is 10.6 Å². The number of nitrogens with zero attached hydrogens (tertiary/aromatic N) is 1. The van der Waals surface area contributed by atoms with Crippen molar-refractivity contribution in [3.63, 3.8) is 0 Å². The van der Waals surface area contributed by atoms with Crippen LogP contribution in [0, 0.1) is 0 Å². The van der Waals surface area contributed by atoms with E-state index in [9.17, 15) is 4.79 Å². The number of aromatic carboxylic acids is 1. The van der Waals surface area contributed by atoms with E-state index in [1.54, 1.807) is 6.07 Å². The van der Waals surface area contributed by atoms with Crippen LogP contribution in [0.3, 0.4) is 0 Å². The van der Waals surface area contributed by atoms with E-state index in [2.05, 4.69) is 55.0 Å². The summed E-state index contributed by atoms with van der Waals surface area (Å²) in [5.41, 5.74) is 3.27. The average molecular weight is 300 g/mol. The molecule has 0 aliphatic heterocycles. The van der Waals surface area contributed by atoms with Gasteiger partial charge in [0.15, 0.2) is 0 Å². The second-order valence-electron chi connectivity index (χ2n) is 6.05. The fourth-order valence-electron chi connectivity index (χ4n) is 2.17. The third-order valence-corrected chi connectivity index (χ3v) is 4.46. The van der Waals surface area contributed by atoms with E-state index in [0.717, 1.165) is 15.3 Å². The second kappa shape index (κ2) is 4.70. The topological polar surface area (TPSA) is 66.0 Å². The molecule has 0 saturated carbocycles. The highest BCUT2D eigenvalue weighted by molar-refractivity contribution is 7.21. The number of aromatic amines is 1. The van der Waals surface area contributed by atoms with Gasteiger partial charge in [0.1, 0.15) is 16.3 Å². The van der Waals surface area contributed by atoms with Crippen molar-refractivity contribution >= 4 is 27.7 Å². The quantitative estimate of drug-likeness (QED) is 0.742. The summed E-state index contributed by atoms with van der Waals surface area (Å²) < 4.78 is 0.863. The summed E-state index contributed by atoms with van der Waals surface area (Å²) in [7, 11) is 0. The van der Waals surface area contributed by atoms with Crippen LogP contribution >= 0.6 is 11.3 Å². The molecule has 0 fully saturated rings. The number of nitrogens with one attached hydrogen (secondary N) is 1. The van der Waals surface area contributed by atoms with Gasteiger partial charge in [-0.25, -0.2) is 9.78 Å². The van der Waals surface area contributed by atoms with E-state index in [-0.39, 0.29) is 11.1 Å². The molecule has 3 rings (SSSR count). The molecular formula is C16H16N2O2S. The smallest absolute Gasteiger partial charge is 0.352 e. The predicted molar refractivity (Wildman–Crippen MR) is 85.1 cm³/mol. The Hall–Kier alpha value is -2.14. The van der Waals surface area contributed by atoms with Gasteiger partial charge in [0.25, 0.3) is 0 Å². The number of carbonyl (C=O) groups is 1. The van der Waals surface area contributed by atoms with Gasteiger partial charge in [-0.05, 0) is 17.0 Å². The van der Waals surface area contributed by atoms with Gasteiger partial charge in [0.05, 0.1) is 4.70 Å². The van der Waals surface area contributed by atoms with Crippen LogP contribution in [0.5, 0.6) is 0 Å². The monoisotopic (exact) mass is 300 g/mol. The summed E-state index contributed by atoms with van der Waals surface area (Å²) in [6.45, 7) is 6.55. The highest BCUT2D eigenvalue weighted by Gasteiger charge is 2.15. The first-order valence-corrected chi connectivity index (χ1v) is 7.50. The largest absolute Gasteiger partial charge is 0.477 e. The molecule has 2 aromatic heterocycles. The molecule has 0 spiro atoms. The van der Waals surface area contributed by atoms with E-state index in [0.29, 0.717) is 5.65 Å². The summed E-state index contributed by atoms with van der Waals surface area (Å²) in [4.78, 5) is 18.2. The number of thiazole rings is 1. The molecule has 0 unspecified atom stereocenters. The van der Waals surface area contributed by atoms with Gasteiger partial charge < -0.3 is 10.1 Å². The molecule has 0 aliphatic carbocycles. The zero-order valence-corrected chi connectivity index (χ0v) is 12.9. The fraction of sp³-hybridized carbons (Fsp3) is 0.250. The summed E-state index contributed by atoms with van der Waals surface area (Å²) in [5.74, 6) is -0.962. The lowest BCUT2D eigenvalue weighted by Crippen LogP contribution is -2.10. The van der Waals surface area contributed by atoms with E-state index in [1.807, 2.05) is 0 Å². The Labute approximate surface area is 126 Å². The van der Waals surface area contributed by atoms with Gasteiger partial charge in [0, 0.05) is 5.56 Å². The zero-order chi connectivity index (χ0) is 15.2. The third-order valence-electron chi connectivity index (χ3n) is 3.41. The Balaban J connectivity index is 1.96. The number of rotatable bonds is 2. The van der Waals surface area contributed by atoms with Crippen LogP contribution in [-0.4, -0.2) is 21.0 Å². The number of carboxylic acid groups (broad SMARTS) is 1. The second-order valence-corrected chi connectivity index (χ2v) is 7.08. The number of H-pyrrole nitrogens is 1. The van der Waals surface area contributed by atoms with Crippen LogP contribution in [0.1, 0.15) is 36.8 Å². The Kier molecular flexibility index (Phi) is 3.10. The summed E-state index contributed by atoms with van der Waals surface area (Å²) in [5, 5.41) is 9.84. The molecule has 0 radical (unpaired) electrons. The first kappa shape index (κ1) is 13.8. The number of hydrogen-bond acceptors (Lipinski definition) is 3. The van der Waals surface area contributed by atoms with E-state index in [1.165, 1.54) is 16.9 Å². The van der Waals surface area contributed by atoms with E-state index < -0.39 is 5.97 Å². The first-order chi connectivity index (χ1) is 9.84. The van der Waals surface area contributed by atoms with Crippen LogP contribution in [-0.2, 0) is 5.41 Å². The molecule has 21 heavy (non-hydrogen) atoms. The van der Waals surface area contributed by atoms with Crippen molar-refractivity contribution in [2.75, 3.05) is 0 Å². The molecule has 0 amide bonds. The first-order valence-electron chi connectivity index (χ1n) is 6.68. The van der Waals surface area contributed by atoms with Gasteiger partial charge in [0.2, 0.25) is 0 Å². The van der Waals surface area contributed by atoms with Gasteiger partial charge in [-0.3, -0.25) is 0 Å². The Morgan fingerprint density at radius 1 is 1.24 bits per heavy atom. The van der Waals surface area contributed by atoms with E-state index in [4.69, 9.17) is 5.11 Å². The Morgan fingerprint density at radius 3 is 2.43 bits per heavy atom. The standard InChI is InChI=1S/C16H16N2O2S/c1-16(2,3)10-6-4-9(5-7-10)14-18-13-12(21-14)8-11(17-13)15(19)20/h4-8,17H,1-3H3,(H,19,20). The Bertz CT molecular complexity index is 776. The molecule has 0 atom stereocenters. The molecule has 3 aromatic rings. The third kappa shape index (κ3) is 2.56. The maximum absolute atomic E-state index is 10.9. The molecule has 0 saturated heterocycles. The summed E-state index contributed by atoms with van der Waals surface area (Å²) in [6.07, 6.45) is 0. The normalized spacial score (nSPS) is 12.0. The van der Waals surface area contributed by atoms with Crippen LogP contribution in [0.15, 0.2) is 30.3 Å². The number of hydrogen-bond donors (Lipinski definition) is 2. The maximum atomic E-state index is 10.9. The minimum Gasteiger partial charge on any atom is -0.477 e. The zero-order valence-electron chi connectivity index (χ0n) is 12.1. The minimum atomic E-state index is -0.962. The van der Waals surface area contributed by atoms with Gasteiger partial charge in [-0.2, -0.15) is 0 Å². The highest BCUT2D eigenvalue weighted by Crippen LogP contribution is 2.32. The lowest BCUT2D eigenvalue weighted by Gasteiger charge is -2.18. The molecule has 108 valence electrons. The molecular weight excluding hydrogens is 284 g/mol. The van der Waals surface area contributed by atoms with Gasteiger partial charge in [-0.15, -0.1) is 11.3 Å². The molecule has 5 heteroatoms. The van der Waals surface area contributed by atoms with Crippen LogP contribution in [0.2, 0.25) is 0 Å². The minimum absolute atomic E-state index is 0.129. The molecule has 2 heterocycles. The average Bonchev–Trinajstić information content (AvgIpc) is 2.95. The van der Waals surface area contributed by atoms with Crippen molar-refractivity contribution in [1.82, 2.24) is 9.97 Å². The predicted octanol–water partition coefficient (Wildman–Crippen LogP) is 4.29. The maximum Gasteiger partial charge on any atom is 0.352 e. The number of fused-ring (bicyclic) bond motifs is 1. The molecule has 4 nitrogen and oxygen atoms in total. The SMILES string of the molecule is CC(C)(C)c1ccc(-c2nc3[nH]c(C(=O)O)cc3s2)cc1. The lowest BCUT2D eigenvalue weighted by atomic mass is 9.87. The van der Waals surface area contributed by atoms with E-state index >= 15 is 0 Å².